The number of sulfonamides is 1. The zero-order valence-corrected chi connectivity index (χ0v) is 17.9. The summed E-state index contributed by atoms with van der Waals surface area (Å²) >= 11 is 0. The lowest BCUT2D eigenvalue weighted by atomic mass is 10.1. The van der Waals surface area contributed by atoms with Crippen LogP contribution in [0.25, 0.3) is 0 Å². The van der Waals surface area contributed by atoms with E-state index in [0.717, 1.165) is 6.07 Å². The van der Waals surface area contributed by atoms with Crippen molar-refractivity contribution in [2.45, 2.75) is 31.8 Å². The van der Waals surface area contributed by atoms with Crippen molar-refractivity contribution in [2.24, 2.45) is 5.14 Å². The molecular weight excluding hydrogens is 416 g/mol. The number of methoxy groups -OCH3 is 2. The van der Waals surface area contributed by atoms with Gasteiger partial charge in [0.1, 0.15) is 10.6 Å². The van der Waals surface area contributed by atoms with Crippen molar-refractivity contribution in [3.63, 3.8) is 0 Å². The first-order chi connectivity index (χ1) is 13.9. The highest BCUT2D eigenvalue weighted by Gasteiger charge is 2.28. The van der Waals surface area contributed by atoms with E-state index in [4.69, 9.17) is 19.3 Å². The van der Waals surface area contributed by atoms with Gasteiger partial charge in [0.2, 0.25) is 15.8 Å². The van der Waals surface area contributed by atoms with Crippen molar-refractivity contribution in [3.05, 3.63) is 46.3 Å². The number of H-pyrrole nitrogens is 1. The van der Waals surface area contributed by atoms with E-state index in [1.165, 1.54) is 33.3 Å². The van der Waals surface area contributed by atoms with E-state index in [2.05, 4.69) is 4.98 Å². The molecule has 0 bridgehead atoms. The molecule has 1 heterocycles. The van der Waals surface area contributed by atoms with Gasteiger partial charge in [0.25, 0.3) is 0 Å². The predicted octanol–water partition coefficient (Wildman–Crippen LogP) is 1.50. The van der Waals surface area contributed by atoms with Crippen LogP contribution in [-0.4, -0.2) is 51.4 Å². The van der Waals surface area contributed by atoms with E-state index in [1.807, 2.05) is 0 Å². The smallest absolute Gasteiger partial charge is 0.339 e. The third-order valence-corrected chi connectivity index (χ3v) is 5.36. The number of primary sulfonamides is 1. The fourth-order valence-corrected chi connectivity index (χ4v) is 3.64. The summed E-state index contributed by atoms with van der Waals surface area (Å²) in [6.07, 6.45) is -1.22. The number of Topliss-reactive ketones (excluding diaryl/α,β-unsaturated/α-hetero) is 1. The Labute approximate surface area is 173 Å². The second kappa shape index (κ2) is 8.67. The number of ether oxygens (including phenoxy) is 3. The van der Waals surface area contributed by atoms with Gasteiger partial charge in [-0.15, -0.1) is 0 Å². The molecule has 0 aliphatic heterocycles. The van der Waals surface area contributed by atoms with Crippen molar-refractivity contribution in [3.8, 4) is 5.75 Å². The summed E-state index contributed by atoms with van der Waals surface area (Å²) in [5, 5.41) is 5.14. The topological polar surface area (TPSA) is 155 Å². The van der Waals surface area contributed by atoms with Crippen LogP contribution in [0.3, 0.4) is 0 Å². The standard InChI is InChI=1S/C19H22N2O8S/c1-9-15(19(24)28-5)10(2)21-16(9)17(22)11(3)29-18(23)12-6-7-13(27-4)14(8-12)30(20,25)26/h6-8,11,21H,1-5H3,(H2,20,25,26). The van der Waals surface area contributed by atoms with Crippen LogP contribution in [0.15, 0.2) is 23.1 Å². The molecule has 1 unspecified atom stereocenters. The van der Waals surface area contributed by atoms with Crippen LogP contribution >= 0.6 is 0 Å². The fraction of sp³-hybridized carbons (Fsp3) is 0.316. The zero-order valence-electron chi connectivity index (χ0n) is 17.1. The van der Waals surface area contributed by atoms with Crippen LogP contribution in [0, 0.1) is 13.8 Å². The minimum atomic E-state index is -4.16. The Morgan fingerprint density at radius 1 is 1.10 bits per heavy atom. The quantitative estimate of drug-likeness (QED) is 0.487. The van der Waals surface area contributed by atoms with E-state index in [1.54, 1.807) is 13.8 Å². The minimum Gasteiger partial charge on any atom is -0.495 e. The monoisotopic (exact) mass is 438 g/mol. The number of rotatable bonds is 7. The number of aryl methyl sites for hydroxylation is 1. The van der Waals surface area contributed by atoms with E-state index < -0.39 is 38.7 Å². The summed E-state index contributed by atoms with van der Waals surface area (Å²) in [5.74, 6) is -2.14. The molecule has 0 saturated heterocycles. The maximum absolute atomic E-state index is 12.7. The summed E-state index contributed by atoms with van der Waals surface area (Å²) < 4.78 is 38.2. The lowest BCUT2D eigenvalue weighted by Gasteiger charge is -2.13. The number of nitrogens with two attached hydrogens (primary N) is 1. The van der Waals surface area contributed by atoms with Gasteiger partial charge in [-0.25, -0.2) is 23.1 Å². The molecule has 1 aromatic carbocycles. The third kappa shape index (κ3) is 4.52. The molecule has 2 rings (SSSR count). The lowest BCUT2D eigenvalue weighted by molar-refractivity contribution is 0.0316. The average Bonchev–Trinajstić information content (AvgIpc) is 2.99. The van der Waals surface area contributed by atoms with Crippen molar-refractivity contribution in [2.75, 3.05) is 14.2 Å². The summed E-state index contributed by atoms with van der Waals surface area (Å²) in [7, 11) is -1.67. The SMILES string of the molecule is COC(=O)c1c(C)[nH]c(C(=O)C(C)OC(=O)c2ccc(OC)c(S(N)(=O)=O)c2)c1C. The van der Waals surface area contributed by atoms with E-state index >= 15 is 0 Å². The Balaban J connectivity index is 2.29. The van der Waals surface area contributed by atoms with Gasteiger partial charge in [-0.1, -0.05) is 0 Å². The van der Waals surface area contributed by atoms with Crippen molar-refractivity contribution in [1.82, 2.24) is 4.98 Å². The molecule has 0 amide bonds. The number of esters is 2. The molecule has 2 aromatic rings. The van der Waals surface area contributed by atoms with E-state index in [0.29, 0.717) is 11.3 Å². The van der Waals surface area contributed by atoms with Crippen molar-refractivity contribution >= 4 is 27.7 Å². The van der Waals surface area contributed by atoms with Gasteiger partial charge in [-0.05, 0) is 44.5 Å². The highest BCUT2D eigenvalue weighted by molar-refractivity contribution is 7.89. The third-order valence-electron chi connectivity index (χ3n) is 4.43. The molecule has 30 heavy (non-hydrogen) atoms. The molecule has 11 heteroatoms. The van der Waals surface area contributed by atoms with E-state index in [9.17, 15) is 22.8 Å². The molecule has 0 aliphatic carbocycles. The fourth-order valence-electron chi connectivity index (χ4n) is 2.92. The van der Waals surface area contributed by atoms with Gasteiger partial charge in [0, 0.05) is 5.69 Å². The maximum atomic E-state index is 12.7. The number of aromatic nitrogens is 1. The molecule has 1 atom stereocenters. The van der Waals surface area contributed by atoms with Gasteiger partial charge >= 0.3 is 11.9 Å². The van der Waals surface area contributed by atoms with Crippen LogP contribution in [0.4, 0.5) is 0 Å². The first kappa shape index (κ1) is 23.1. The molecule has 0 fully saturated rings. The number of carbonyl (C=O) groups is 3. The Morgan fingerprint density at radius 3 is 2.27 bits per heavy atom. The molecule has 3 N–H and O–H groups in total. The van der Waals surface area contributed by atoms with Crippen LogP contribution in [0.1, 0.15) is 49.4 Å². The first-order valence-corrected chi connectivity index (χ1v) is 10.2. The molecule has 0 saturated carbocycles. The van der Waals surface area contributed by atoms with E-state index in [-0.39, 0.29) is 22.6 Å². The molecule has 0 spiro atoms. The molecular formula is C19H22N2O8S. The van der Waals surface area contributed by atoms with Gasteiger partial charge in [-0.3, -0.25) is 4.79 Å². The second-order valence-electron chi connectivity index (χ2n) is 6.44. The number of hydrogen-bond acceptors (Lipinski definition) is 8. The average molecular weight is 438 g/mol. The molecule has 1 aromatic heterocycles. The van der Waals surface area contributed by atoms with Gasteiger partial charge < -0.3 is 19.2 Å². The highest BCUT2D eigenvalue weighted by atomic mass is 32.2. The Bertz CT molecular complexity index is 1120. The maximum Gasteiger partial charge on any atom is 0.339 e. The lowest BCUT2D eigenvalue weighted by Crippen LogP contribution is -2.25. The number of carbonyl (C=O) groups excluding carboxylic acids is 3. The number of benzene rings is 1. The molecule has 162 valence electrons. The van der Waals surface area contributed by atoms with Crippen molar-refractivity contribution in [1.29, 1.82) is 0 Å². The first-order valence-electron chi connectivity index (χ1n) is 8.65. The van der Waals surface area contributed by atoms with Crippen molar-refractivity contribution < 1.29 is 37.0 Å². The van der Waals surface area contributed by atoms with Crippen LogP contribution in [-0.2, 0) is 19.5 Å². The molecule has 0 aliphatic rings. The van der Waals surface area contributed by atoms with Gasteiger partial charge in [0.15, 0.2) is 6.10 Å². The number of hydrogen-bond donors (Lipinski definition) is 2. The number of ketones is 1. The Kier molecular flexibility index (Phi) is 6.68. The van der Waals surface area contributed by atoms with Crippen LogP contribution in [0.5, 0.6) is 5.75 Å². The summed E-state index contributed by atoms with van der Waals surface area (Å²) in [6, 6.07) is 3.55. The Hall–Kier alpha value is -3.18. The number of aromatic amines is 1. The molecule has 10 nitrogen and oxygen atoms in total. The van der Waals surface area contributed by atoms with Crippen LogP contribution in [0.2, 0.25) is 0 Å². The Morgan fingerprint density at radius 2 is 1.73 bits per heavy atom. The zero-order chi connectivity index (χ0) is 22.8. The van der Waals surface area contributed by atoms with Crippen LogP contribution < -0.4 is 9.88 Å². The summed E-state index contributed by atoms with van der Waals surface area (Å²) in [6.45, 7) is 4.54. The summed E-state index contributed by atoms with van der Waals surface area (Å²) in [5.41, 5.74) is 1.01. The number of nitrogens with one attached hydrogen (secondary N) is 1. The highest BCUT2D eigenvalue weighted by Crippen LogP contribution is 2.25. The van der Waals surface area contributed by atoms with Gasteiger partial charge in [0.05, 0.1) is 31.0 Å². The van der Waals surface area contributed by atoms with Gasteiger partial charge in [-0.2, -0.15) is 0 Å². The molecule has 0 radical (unpaired) electrons. The largest absolute Gasteiger partial charge is 0.495 e. The second-order valence-corrected chi connectivity index (χ2v) is 7.97. The minimum absolute atomic E-state index is 0.0361. The normalized spacial score (nSPS) is 12.2. The summed E-state index contributed by atoms with van der Waals surface area (Å²) in [4.78, 5) is 39.5. The predicted molar refractivity (Wildman–Crippen MR) is 105 cm³/mol.